The van der Waals surface area contributed by atoms with Gasteiger partial charge in [0.25, 0.3) is 0 Å². The van der Waals surface area contributed by atoms with Crippen LogP contribution >= 0.6 is 0 Å². The number of rotatable bonds is 3. The van der Waals surface area contributed by atoms with E-state index in [-0.39, 0.29) is 0 Å². The monoisotopic (exact) mass is 214 g/mol. The molecule has 0 unspecified atom stereocenters. The zero-order chi connectivity index (χ0) is 11.4. The van der Waals surface area contributed by atoms with Crippen molar-refractivity contribution in [3.05, 3.63) is 53.4 Å². The van der Waals surface area contributed by atoms with Gasteiger partial charge in [0, 0.05) is 11.1 Å². The van der Waals surface area contributed by atoms with E-state index >= 15 is 0 Å². The van der Waals surface area contributed by atoms with E-state index in [0.29, 0.717) is 16.9 Å². The van der Waals surface area contributed by atoms with Crippen molar-refractivity contribution in [3.63, 3.8) is 0 Å². The highest BCUT2D eigenvalue weighted by atomic mass is 16.5. The smallest absolute Gasteiger partial charge is 0.115 e. The Balaban J connectivity index is 2.62. The quantitative estimate of drug-likeness (QED) is 0.606. The maximum atomic E-state index is 10.7. The van der Waals surface area contributed by atoms with Crippen molar-refractivity contribution >= 4 is 11.4 Å². The Hall–Kier alpha value is -2.20. The van der Waals surface area contributed by atoms with Crippen LogP contribution in [-0.2, 0) is 0 Å². The molecule has 16 heavy (non-hydrogen) atoms. The molecule has 0 aliphatic rings. The van der Waals surface area contributed by atoms with Crippen molar-refractivity contribution in [1.29, 1.82) is 0 Å². The van der Waals surface area contributed by atoms with Crippen molar-refractivity contribution in [2.75, 3.05) is 5.48 Å². The van der Waals surface area contributed by atoms with Gasteiger partial charge in [-0.3, -0.25) is 10.7 Å². The van der Waals surface area contributed by atoms with E-state index in [9.17, 15) is 4.91 Å². The fourth-order valence-corrected chi connectivity index (χ4v) is 1.60. The SMILES string of the molecule is O=Nc1ccccc1-c1ccccc1NO. The first kappa shape index (κ1) is 10.3. The number of para-hydroxylation sites is 1. The summed E-state index contributed by atoms with van der Waals surface area (Å²) in [5, 5.41) is 11.9. The van der Waals surface area contributed by atoms with E-state index < -0.39 is 0 Å². The average molecular weight is 214 g/mol. The zero-order valence-corrected chi connectivity index (χ0v) is 8.42. The molecule has 0 amide bonds. The Morgan fingerprint density at radius 2 is 1.56 bits per heavy atom. The summed E-state index contributed by atoms with van der Waals surface area (Å²) in [6.45, 7) is 0. The molecule has 0 spiro atoms. The molecule has 0 radical (unpaired) electrons. The molecule has 0 aromatic heterocycles. The van der Waals surface area contributed by atoms with Crippen molar-refractivity contribution in [2.24, 2.45) is 5.18 Å². The number of nitroso groups, excluding NO2 is 1. The molecule has 0 bridgehead atoms. The second-order valence-corrected chi connectivity index (χ2v) is 3.27. The maximum Gasteiger partial charge on any atom is 0.115 e. The maximum absolute atomic E-state index is 10.7. The molecule has 0 saturated heterocycles. The highest BCUT2D eigenvalue weighted by Crippen LogP contribution is 2.34. The summed E-state index contributed by atoms with van der Waals surface area (Å²) in [4.78, 5) is 10.7. The van der Waals surface area contributed by atoms with Crippen molar-refractivity contribution < 1.29 is 5.21 Å². The number of nitrogens with zero attached hydrogens (tertiary/aromatic N) is 1. The lowest BCUT2D eigenvalue weighted by Crippen LogP contribution is -1.92. The van der Waals surface area contributed by atoms with Crippen LogP contribution in [0.3, 0.4) is 0 Å². The van der Waals surface area contributed by atoms with Crippen molar-refractivity contribution in [3.8, 4) is 11.1 Å². The summed E-state index contributed by atoms with van der Waals surface area (Å²) in [6, 6.07) is 14.1. The number of hydrogen-bond donors (Lipinski definition) is 2. The summed E-state index contributed by atoms with van der Waals surface area (Å²) in [5.74, 6) is 0. The predicted molar refractivity (Wildman–Crippen MR) is 62.7 cm³/mol. The predicted octanol–water partition coefficient (Wildman–Crippen LogP) is 3.55. The summed E-state index contributed by atoms with van der Waals surface area (Å²) in [5.41, 5.74) is 4.42. The van der Waals surface area contributed by atoms with Gasteiger partial charge >= 0.3 is 0 Å². The number of benzene rings is 2. The molecule has 0 aliphatic heterocycles. The first-order valence-electron chi connectivity index (χ1n) is 4.78. The lowest BCUT2D eigenvalue weighted by Gasteiger charge is -2.08. The molecular formula is C12H10N2O2. The van der Waals surface area contributed by atoms with Crippen LogP contribution in [0, 0.1) is 4.91 Å². The Morgan fingerprint density at radius 3 is 2.25 bits per heavy atom. The molecule has 2 aromatic carbocycles. The molecule has 0 fully saturated rings. The van der Waals surface area contributed by atoms with Gasteiger partial charge in [-0.05, 0) is 17.3 Å². The van der Waals surface area contributed by atoms with Gasteiger partial charge in [-0.25, -0.2) is 0 Å². The summed E-state index contributed by atoms with van der Waals surface area (Å²) >= 11 is 0. The van der Waals surface area contributed by atoms with Crippen LogP contribution in [0.4, 0.5) is 11.4 Å². The number of nitrogens with one attached hydrogen (secondary N) is 1. The van der Waals surface area contributed by atoms with Crippen LogP contribution in [0.2, 0.25) is 0 Å². The molecule has 2 rings (SSSR count). The second kappa shape index (κ2) is 4.55. The summed E-state index contributed by atoms with van der Waals surface area (Å²) < 4.78 is 0. The third-order valence-electron chi connectivity index (χ3n) is 2.34. The van der Waals surface area contributed by atoms with E-state index in [2.05, 4.69) is 10.7 Å². The zero-order valence-electron chi connectivity index (χ0n) is 8.42. The minimum Gasteiger partial charge on any atom is -0.291 e. The van der Waals surface area contributed by atoms with E-state index in [4.69, 9.17) is 5.21 Å². The van der Waals surface area contributed by atoms with Crippen LogP contribution in [-0.4, -0.2) is 5.21 Å². The molecule has 4 heteroatoms. The van der Waals surface area contributed by atoms with E-state index in [1.165, 1.54) is 0 Å². The van der Waals surface area contributed by atoms with Gasteiger partial charge in [0.05, 0.1) is 5.69 Å². The highest BCUT2D eigenvalue weighted by molar-refractivity contribution is 5.84. The first-order valence-corrected chi connectivity index (χ1v) is 4.78. The molecule has 0 atom stereocenters. The Morgan fingerprint density at radius 1 is 0.938 bits per heavy atom. The first-order chi connectivity index (χ1) is 7.86. The molecule has 80 valence electrons. The summed E-state index contributed by atoms with van der Waals surface area (Å²) in [6.07, 6.45) is 0. The molecular weight excluding hydrogens is 204 g/mol. The van der Waals surface area contributed by atoms with Gasteiger partial charge in [0.1, 0.15) is 5.69 Å². The molecule has 0 heterocycles. The number of anilines is 1. The Bertz CT molecular complexity index is 512. The van der Waals surface area contributed by atoms with E-state index in [0.717, 1.165) is 5.56 Å². The van der Waals surface area contributed by atoms with E-state index in [1.807, 2.05) is 18.2 Å². The minimum atomic E-state index is 0.352. The normalized spacial score (nSPS) is 9.81. The van der Waals surface area contributed by atoms with Gasteiger partial charge < -0.3 is 0 Å². The van der Waals surface area contributed by atoms with Gasteiger partial charge in [-0.15, -0.1) is 4.91 Å². The second-order valence-electron chi connectivity index (χ2n) is 3.27. The third kappa shape index (κ3) is 1.78. The summed E-state index contributed by atoms with van der Waals surface area (Å²) in [7, 11) is 0. The van der Waals surface area contributed by atoms with Crippen LogP contribution < -0.4 is 5.48 Å². The Labute approximate surface area is 92.5 Å². The van der Waals surface area contributed by atoms with Crippen molar-refractivity contribution in [2.45, 2.75) is 0 Å². The van der Waals surface area contributed by atoms with Crippen LogP contribution in [0.1, 0.15) is 0 Å². The molecule has 2 N–H and O–H groups in total. The fourth-order valence-electron chi connectivity index (χ4n) is 1.60. The lowest BCUT2D eigenvalue weighted by molar-refractivity contribution is 0.389. The van der Waals surface area contributed by atoms with Gasteiger partial charge in [0.2, 0.25) is 0 Å². The third-order valence-corrected chi connectivity index (χ3v) is 2.34. The standard InChI is InChI=1S/C12H10N2O2/c15-13-11-7-3-1-5-9(11)10-6-2-4-8-12(10)14-16/h1-8,13,15H. The molecule has 2 aromatic rings. The van der Waals surface area contributed by atoms with Gasteiger partial charge in [-0.2, -0.15) is 0 Å². The molecule has 4 nitrogen and oxygen atoms in total. The average Bonchev–Trinajstić information content (AvgIpc) is 2.38. The van der Waals surface area contributed by atoms with Crippen LogP contribution in [0.5, 0.6) is 0 Å². The largest absolute Gasteiger partial charge is 0.291 e. The number of hydrogen-bond acceptors (Lipinski definition) is 4. The highest BCUT2D eigenvalue weighted by Gasteiger charge is 2.08. The van der Waals surface area contributed by atoms with Crippen molar-refractivity contribution in [1.82, 2.24) is 0 Å². The molecule has 0 aliphatic carbocycles. The van der Waals surface area contributed by atoms with Gasteiger partial charge in [-0.1, -0.05) is 36.4 Å². The Kier molecular flexibility index (Phi) is 2.93. The lowest BCUT2D eigenvalue weighted by atomic mass is 10.0. The topological polar surface area (TPSA) is 61.7 Å². The fraction of sp³-hybridized carbons (Fsp3) is 0. The van der Waals surface area contributed by atoms with Gasteiger partial charge in [0.15, 0.2) is 0 Å². The molecule has 0 saturated carbocycles. The van der Waals surface area contributed by atoms with Crippen LogP contribution in [0.15, 0.2) is 53.7 Å². The van der Waals surface area contributed by atoms with E-state index in [1.54, 1.807) is 30.3 Å². The minimum absolute atomic E-state index is 0.352. The van der Waals surface area contributed by atoms with Crippen LogP contribution in [0.25, 0.3) is 11.1 Å².